The van der Waals surface area contributed by atoms with Crippen molar-refractivity contribution in [3.05, 3.63) is 68.4 Å². The molecule has 1 aliphatic carbocycles. The first kappa shape index (κ1) is 20.8. The Labute approximate surface area is 176 Å². The number of esters is 1. The Balaban J connectivity index is 0.00000225. The second kappa shape index (κ2) is 9.55. The quantitative estimate of drug-likeness (QED) is 0.564. The largest absolute Gasteiger partial charge is 0.463 e. The highest BCUT2D eigenvalue weighted by Gasteiger charge is 2.23. The average Bonchev–Trinajstić information content (AvgIpc) is 3.03. The third kappa shape index (κ3) is 4.40. The number of aryl methyl sites for hydroxylation is 2. The Kier molecular flexibility index (Phi) is 7.11. The van der Waals surface area contributed by atoms with Gasteiger partial charge in [0, 0.05) is 15.8 Å². The van der Waals surface area contributed by atoms with Gasteiger partial charge in [-0.1, -0.05) is 29.8 Å². The van der Waals surface area contributed by atoms with Crippen molar-refractivity contribution >= 4 is 41.4 Å². The molecular weight excluding hydrogens is 390 g/mol. The van der Waals surface area contributed by atoms with Crippen LogP contribution in [0.15, 0.2) is 42.0 Å². The minimum Gasteiger partial charge on any atom is -0.463 e. The molecule has 1 aliphatic heterocycles. The minimum atomic E-state index is -0.275. The maximum atomic E-state index is 11.7. The van der Waals surface area contributed by atoms with Crippen molar-refractivity contribution in [1.29, 1.82) is 0 Å². The van der Waals surface area contributed by atoms with Gasteiger partial charge >= 0.3 is 5.97 Å². The van der Waals surface area contributed by atoms with Crippen molar-refractivity contribution in [3.63, 3.8) is 0 Å². The number of carbonyl (C=O) groups is 1. The van der Waals surface area contributed by atoms with Crippen molar-refractivity contribution in [2.24, 2.45) is 0 Å². The highest BCUT2D eigenvalue weighted by molar-refractivity contribution is 7.13. The Morgan fingerprint density at radius 1 is 1.14 bits per heavy atom. The number of piperidine rings is 1. The van der Waals surface area contributed by atoms with Crippen LogP contribution in [0.5, 0.6) is 0 Å². The summed E-state index contributed by atoms with van der Waals surface area (Å²) in [6.45, 7) is 4.34. The third-order valence-electron chi connectivity index (χ3n) is 5.24. The fraction of sp³-hybridized carbons (Fsp3) is 0.348. The molecule has 0 atom stereocenters. The molecule has 0 radical (unpaired) electrons. The topological polar surface area (TPSA) is 38.3 Å². The number of hydrogen-bond donors (Lipinski definition) is 1. The van der Waals surface area contributed by atoms with Crippen LogP contribution in [0.4, 0.5) is 0 Å². The van der Waals surface area contributed by atoms with E-state index in [1.54, 1.807) is 23.0 Å². The SMILES string of the molecule is CCOC(=O)/C=C/c1cc2c(s1)CCc1ccccc1C2=C1CCNCC1.Cl. The summed E-state index contributed by atoms with van der Waals surface area (Å²) < 4.78 is 5.01. The number of hydrogen-bond acceptors (Lipinski definition) is 4. The van der Waals surface area contributed by atoms with E-state index in [0.29, 0.717) is 6.61 Å². The van der Waals surface area contributed by atoms with Crippen LogP contribution in [-0.2, 0) is 22.4 Å². The maximum Gasteiger partial charge on any atom is 0.330 e. The van der Waals surface area contributed by atoms with Gasteiger partial charge in [-0.05, 0) is 80.1 Å². The van der Waals surface area contributed by atoms with Gasteiger partial charge in [-0.2, -0.15) is 0 Å². The first-order chi connectivity index (χ1) is 13.3. The smallest absolute Gasteiger partial charge is 0.330 e. The van der Waals surface area contributed by atoms with Gasteiger partial charge in [-0.3, -0.25) is 0 Å². The van der Waals surface area contributed by atoms with Gasteiger partial charge in [-0.25, -0.2) is 4.79 Å². The summed E-state index contributed by atoms with van der Waals surface area (Å²) in [6.07, 6.45) is 7.77. The first-order valence-corrected chi connectivity index (χ1v) is 10.6. The second-order valence-corrected chi connectivity index (χ2v) is 8.13. The van der Waals surface area contributed by atoms with Crippen LogP contribution < -0.4 is 5.32 Å². The standard InChI is InChI=1S/C23H25NO2S.ClH/c1-2-26-22(25)10-8-18-15-20-21(27-18)9-7-16-5-3-4-6-19(16)23(20)17-11-13-24-14-12-17;/h3-6,8,10,15,24H,2,7,9,11-14H2,1H3;1H/b10-8+;. The number of thiophene rings is 1. The van der Waals surface area contributed by atoms with Crippen molar-refractivity contribution in [1.82, 2.24) is 5.32 Å². The lowest BCUT2D eigenvalue weighted by Crippen LogP contribution is -2.23. The van der Waals surface area contributed by atoms with Crippen LogP contribution in [0.25, 0.3) is 11.6 Å². The fourth-order valence-corrected chi connectivity index (χ4v) is 5.08. The van der Waals surface area contributed by atoms with Crippen LogP contribution >= 0.6 is 23.7 Å². The zero-order valence-electron chi connectivity index (χ0n) is 16.1. The van der Waals surface area contributed by atoms with E-state index >= 15 is 0 Å². The van der Waals surface area contributed by atoms with Crippen molar-refractivity contribution in [2.45, 2.75) is 32.6 Å². The number of halogens is 1. The van der Waals surface area contributed by atoms with Crippen LogP contribution in [0.3, 0.4) is 0 Å². The predicted molar refractivity (Wildman–Crippen MR) is 119 cm³/mol. The summed E-state index contributed by atoms with van der Waals surface area (Å²) in [5, 5.41) is 3.47. The van der Waals surface area contributed by atoms with Gasteiger partial charge in [0.2, 0.25) is 0 Å². The Hall–Kier alpha value is -1.88. The molecule has 1 fully saturated rings. The van der Waals surface area contributed by atoms with E-state index in [-0.39, 0.29) is 18.4 Å². The fourth-order valence-electron chi connectivity index (χ4n) is 4.00. The van der Waals surface area contributed by atoms with E-state index in [1.807, 2.05) is 13.0 Å². The Morgan fingerprint density at radius 3 is 2.71 bits per heavy atom. The van der Waals surface area contributed by atoms with Gasteiger partial charge < -0.3 is 10.1 Å². The van der Waals surface area contributed by atoms with Crippen molar-refractivity contribution in [2.75, 3.05) is 19.7 Å². The number of carbonyl (C=O) groups excluding carboxylic acids is 1. The van der Waals surface area contributed by atoms with E-state index in [2.05, 4.69) is 35.6 Å². The van der Waals surface area contributed by atoms with E-state index in [0.717, 1.165) is 43.6 Å². The molecule has 2 aliphatic rings. The molecule has 1 N–H and O–H groups in total. The van der Waals surface area contributed by atoms with Crippen LogP contribution in [0, 0.1) is 0 Å². The predicted octanol–water partition coefficient (Wildman–Crippen LogP) is 5.03. The lowest BCUT2D eigenvalue weighted by atomic mass is 9.88. The monoisotopic (exact) mass is 415 g/mol. The van der Waals surface area contributed by atoms with E-state index in [4.69, 9.17) is 4.74 Å². The Bertz CT molecular complexity index is 905. The van der Waals surface area contributed by atoms with Crippen molar-refractivity contribution < 1.29 is 9.53 Å². The molecule has 1 aromatic heterocycles. The van der Waals surface area contributed by atoms with E-state index in [1.165, 1.54) is 27.1 Å². The molecular formula is C23H26ClNO2S. The second-order valence-electron chi connectivity index (χ2n) is 6.96. The number of benzene rings is 1. The average molecular weight is 416 g/mol. The molecule has 0 unspecified atom stereocenters. The molecule has 28 heavy (non-hydrogen) atoms. The van der Waals surface area contributed by atoms with E-state index in [9.17, 15) is 4.79 Å². The summed E-state index contributed by atoms with van der Waals surface area (Å²) >= 11 is 1.80. The number of ether oxygens (including phenoxy) is 1. The molecule has 148 valence electrons. The molecule has 1 aromatic carbocycles. The molecule has 5 heteroatoms. The van der Waals surface area contributed by atoms with Crippen LogP contribution in [0.1, 0.15) is 46.2 Å². The van der Waals surface area contributed by atoms with Gasteiger partial charge in [0.05, 0.1) is 6.61 Å². The molecule has 0 saturated carbocycles. The molecule has 1 saturated heterocycles. The molecule has 4 rings (SSSR count). The normalized spacial score (nSPS) is 16.2. The molecule has 0 bridgehead atoms. The molecule has 2 heterocycles. The molecule has 2 aromatic rings. The highest BCUT2D eigenvalue weighted by Crippen LogP contribution is 2.41. The minimum absolute atomic E-state index is 0. The van der Waals surface area contributed by atoms with Gasteiger partial charge in [0.15, 0.2) is 0 Å². The van der Waals surface area contributed by atoms with E-state index < -0.39 is 0 Å². The first-order valence-electron chi connectivity index (χ1n) is 9.75. The molecule has 0 spiro atoms. The summed E-state index contributed by atoms with van der Waals surface area (Å²) in [5.41, 5.74) is 7.21. The zero-order valence-corrected chi connectivity index (χ0v) is 17.8. The van der Waals surface area contributed by atoms with Gasteiger partial charge in [0.1, 0.15) is 0 Å². The molecule has 0 amide bonds. The summed E-state index contributed by atoms with van der Waals surface area (Å²) in [7, 11) is 0. The molecule has 3 nitrogen and oxygen atoms in total. The van der Waals surface area contributed by atoms with Gasteiger partial charge in [-0.15, -0.1) is 23.7 Å². The third-order valence-corrected chi connectivity index (χ3v) is 6.40. The highest BCUT2D eigenvalue weighted by atomic mass is 35.5. The summed E-state index contributed by atoms with van der Waals surface area (Å²) in [4.78, 5) is 14.2. The number of fused-ring (bicyclic) bond motifs is 2. The number of nitrogens with one attached hydrogen (secondary N) is 1. The van der Waals surface area contributed by atoms with Crippen LogP contribution in [-0.4, -0.2) is 25.7 Å². The number of rotatable bonds is 3. The lowest BCUT2D eigenvalue weighted by Gasteiger charge is -2.21. The maximum absolute atomic E-state index is 11.7. The van der Waals surface area contributed by atoms with Crippen LogP contribution in [0.2, 0.25) is 0 Å². The van der Waals surface area contributed by atoms with Gasteiger partial charge in [0.25, 0.3) is 0 Å². The lowest BCUT2D eigenvalue weighted by molar-refractivity contribution is -0.137. The summed E-state index contributed by atoms with van der Waals surface area (Å²) in [5.74, 6) is -0.275. The van der Waals surface area contributed by atoms with Crippen molar-refractivity contribution in [3.8, 4) is 0 Å². The zero-order chi connectivity index (χ0) is 18.6. The Morgan fingerprint density at radius 2 is 1.93 bits per heavy atom. The summed E-state index contributed by atoms with van der Waals surface area (Å²) in [6, 6.07) is 11.1.